The lowest BCUT2D eigenvalue weighted by Crippen LogP contribution is -2.37. The number of carbonyl (C=O) groups is 1. The highest BCUT2D eigenvalue weighted by Crippen LogP contribution is 2.13. The standard InChI is InChI=1S/C13H16N4O3S/c1-9-16-17-13(21-9)15-12(19)14-7-10(18)8-20-11-5-3-2-4-6-11/h2-6,10,18H,7-8H2,1H3,(H2,14,15,17,19)/t10-/m1/s1. The van der Waals surface area contributed by atoms with Crippen LogP contribution >= 0.6 is 11.3 Å². The Balaban J connectivity index is 1.66. The van der Waals surface area contributed by atoms with Crippen LogP contribution in [0.2, 0.25) is 0 Å². The molecule has 0 radical (unpaired) electrons. The van der Waals surface area contributed by atoms with Gasteiger partial charge in [0.25, 0.3) is 0 Å². The van der Waals surface area contributed by atoms with E-state index >= 15 is 0 Å². The molecular weight excluding hydrogens is 292 g/mol. The van der Waals surface area contributed by atoms with Crippen LogP contribution in [0.25, 0.3) is 0 Å². The highest BCUT2D eigenvalue weighted by atomic mass is 32.1. The Morgan fingerprint density at radius 3 is 2.81 bits per heavy atom. The molecule has 2 amide bonds. The van der Waals surface area contributed by atoms with Gasteiger partial charge in [-0.1, -0.05) is 29.5 Å². The quantitative estimate of drug-likeness (QED) is 0.750. The number of carbonyl (C=O) groups excluding carboxylic acids is 1. The third-order valence-corrected chi connectivity index (χ3v) is 3.18. The van der Waals surface area contributed by atoms with E-state index in [9.17, 15) is 9.90 Å². The second-order valence-corrected chi connectivity index (χ2v) is 5.42. The fourth-order valence-electron chi connectivity index (χ4n) is 1.47. The predicted octanol–water partition coefficient (Wildman–Crippen LogP) is 1.41. The zero-order valence-corrected chi connectivity index (χ0v) is 12.3. The third kappa shape index (κ3) is 5.36. The minimum Gasteiger partial charge on any atom is -0.491 e. The normalized spacial score (nSPS) is 11.7. The van der Waals surface area contributed by atoms with Gasteiger partial charge in [-0.2, -0.15) is 0 Å². The van der Waals surface area contributed by atoms with Gasteiger partial charge in [0.1, 0.15) is 23.5 Å². The summed E-state index contributed by atoms with van der Waals surface area (Å²) in [4.78, 5) is 11.6. The SMILES string of the molecule is Cc1nnc(NC(=O)NC[C@@H](O)COc2ccccc2)s1. The van der Waals surface area contributed by atoms with Gasteiger partial charge >= 0.3 is 6.03 Å². The molecule has 0 bridgehead atoms. The molecule has 3 N–H and O–H groups in total. The second kappa shape index (κ2) is 7.55. The number of rotatable bonds is 6. The molecule has 0 aliphatic rings. The number of aryl methyl sites for hydroxylation is 1. The van der Waals surface area contributed by atoms with Crippen molar-refractivity contribution in [3.8, 4) is 5.75 Å². The van der Waals surface area contributed by atoms with Gasteiger partial charge in [0.05, 0.1) is 0 Å². The van der Waals surface area contributed by atoms with E-state index in [0.717, 1.165) is 5.01 Å². The molecule has 7 nitrogen and oxygen atoms in total. The van der Waals surface area contributed by atoms with E-state index in [-0.39, 0.29) is 13.2 Å². The number of aromatic nitrogens is 2. The lowest BCUT2D eigenvalue weighted by Gasteiger charge is -2.13. The van der Waals surface area contributed by atoms with E-state index in [2.05, 4.69) is 20.8 Å². The number of hydrogen-bond donors (Lipinski definition) is 3. The van der Waals surface area contributed by atoms with Crippen LogP contribution in [-0.2, 0) is 0 Å². The monoisotopic (exact) mass is 308 g/mol. The molecule has 0 saturated heterocycles. The van der Waals surface area contributed by atoms with Gasteiger partial charge in [-0.05, 0) is 19.1 Å². The number of benzene rings is 1. The molecule has 1 aromatic heterocycles. The van der Waals surface area contributed by atoms with Crippen LogP contribution in [0.1, 0.15) is 5.01 Å². The highest BCUT2D eigenvalue weighted by molar-refractivity contribution is 7.15. The fraction of sp³-hybridized carbons (Fsp3) is 0.308. The maximum Gasteiger partial charge on any atom is 0.321 e. The Morgan fingerprint density at radius 1 is 1.38 bits per heavy atom. The first-order valence-electron chi connectivity index (χ1n) is 6.34. The molecule has 112 valence electrons. The fourth-order valence-corrected chi connectivity index (χ4v) is 2.05. The number of urea groups is 1. The van der Waals surface area contributed by atoms with Crippen molar-refractivity contribution in [2.75, 3.05) is 18.5 Å². The molecule has 2 aromatic rings. The van der Waals surface area contributed by atoms with Crippen LogP contribution in [0, 0.1) is 6.92 Å². The van der Waals surface area contributed by atoms with Crippen LogP contribution in [0.5, 0.6) is 5.75 Å². The summed E-state index contributed by atoms with van der Waals surface area (Å²) in [6, 6.07) is 8.72. The summed E-state index contributed by atoms with van der Waals surface area (Å²) >= 11 is 1.28. The number of aliphatic hydroxyl groups excluding tert-OH is 1. The Labute approximate surface area is 126 Å². The van der Waals surface area contributed by atoms with E-state index in [1.807, 2.05) is 18.2 Å². The average molecular weight is 308 g/mol. The second-order valence-electron chi connectivity index (χ2n) is 4.24. The molecule has 1 heterocycles. The van der Waals surface area contributed by atoms with Gasteiger partial charge in [0, 0.05) is 6.54 Å². The number of nitrogens with one attached hydrogen (secondary N) is 2. The summed E-state index contributed by atoms with van der Waals surface area (Å²) in [6.45, 7) is 1.98. The highest BCUT2D eigenvalue weighted by Gasteiger charge is 2.09. The molecule has 0 aliphatic carbocycles. The Hall–Kier alpha value is -2.19. The van der Waals surface area contributed by atoms with E-state index in [1.165, 1.54) is 11.3 Å². The number of hydrogen-bond acceptors (Lipinski definition) is 6. The number of aliphatic hydroxyl groups is 1. The molecule has 0 fully saturated rings. The van der Waals surface area contributed by atoms with Gasteiger partial charge in [-0.25, -0.2) is 4.79 Å². The number of para-hydroxylation sites is 1. The van der Waals surface area contributed by atoms with Gasteiger partial charge in [-0.3, -0.25) is 5.32 Å². The summed E-state index contributed by atoms with van der Waals surface area (Å²) < 4.78 is 5.38. The van der Waals surface area contributed by atoms with Crippen LogP contribution in [-0.4, -0.2) is 40.6 Å². The van der Waals surface area contributed by atoms with Crippen molar-refractivity contribution in [2.45, 2.75) is 13.0 Å². The molecule has 0 aliphatic heterocycles. The Kier molecular flexibility index (Phi) is 5.47. The van der Waals surface area contributed by atoms with Gasteiger partial charge < -0.3 is 15.2 Å². The van der Waals surface area contributed by atoms with Gasteiger partial charge in [0.15, 0.2) is 0 Å². The topological polar surface area (TPSA) is 96.4 Å². The van der Waals surface area contributed by atoms with Crippen molar-refractivity contribution in [2.24, 2.45) is 0 Å². The molecule has 0 unspecified atom stereocenters. The maximum absolute atomic E-state index is 11.6. The number of anilines is 1. The van der Waals surface area contributed by atoms with Crippen LogP contribution < -0.4 is 15.4 Å². The average Bonchev–Trinajstić information content (AvgIpc) is 2.89. The number of nitrogens with zero attached hydrogens (tertiary/aromatic N) is 2. The number of amides is 2. The molecule has 8 heteroatoms. The Morgan fingerprint density at radius 2 is 2.14 bits per heavy atom. The zero-order valence-electron chi connectivity index (χ0n) is 11.4. The van der Waals surface area contributed by atoms with Crippen LogP contribution in [0.4, 0.5) is 9.93 Å². The minimum atomic E-state index is -0.799. The molecule has 1 aromatic carbocycles. The van der Waals surface area contributed by atoms with Crippen molar-refractivity contribution in [1.29, 1.82) is 0 Å². The van der Waals surface area contributed by atoms with Gasteiger partial charge in [-0.15, -0.1) is 10.2 Å². The van der Waals surface area contributed by atoms with Crippen molar-refractivity contribution < 1.29 is 14.6 Å². The largest absolute Gasteiger partial charge is 0.491 e. The molecule has 2 rings (SSSR count). The van der Waals surface area contributed by atoms with Crippen molar-refractivity contribution >= 4 is 22.5 Å². The summed E-state index contributed by atoms with van der Waals surface area (Å²) in [7, 11) is 0. The zero-order chi connectivity index (χ0) is 15.1. The molecule has 0 spiro atoms. The number of ether oxygens (including phenoxy) is 1. The lowest BCUT2D eigenvalue weighted by atomic mass is 10.3. The maximum atomic E-state index is 11.6. The van der Waals surface area contributed by atoms with Gasteiger partial charge in [0.2, 0.25) is 5.13 Å². The predicted molar refractivity (Wildman–Crippen MR) is 79.6 cm³/mol. The first-order chi connectivity index (χ1) is 10.1. The van der Waals surface area contributed by atoms with Crippen molar-refractivity contribution in [3.63, 3.8) is 0 Å². The summed E-state index contributed by atoms with van der Waals surface area (Å²) in [5, 5.41) is 23.5. The molecule has 21 heavy (non-hydrogen) atoms. The Bertz CT molecular complexity index is 576. The molecule has 1 atom stereocenters. The van der Waals surface area contributed by atoms with Crippen LogP contribution in [0.3, 0.4) is 0 Å². The van der Waals surface area contributed by atoms with Crippen molar-refractivity contribution in [3.05, 3.63) is 35.3 Å². The van der Waals surface area contributed by atoms with Crippen molar-refractivity contribution in [1.82, 2.24) is 15.5 Å². The van der Waals surface area contributed by atoms with Crippen LogP contribution in [0.15, 0.2) is 30.3 Å². The smallest absolute Gasteiger partial charge is 0.321 e. The summed E-state index contributed by atoms with van der Waals surface area (Å²) in [6.07, 6.45) is -0.799. The first-order valence-corrected chi connectivity index (χ1v) is 7.16. The van der Waals surface area contributed by atoms with E-state index < -0.39 is 12.1 Å². The van der Waals surface area contributed by atoms with E-state index in [1.54, 1.807) is 19.1 Å². The minimum absolute atomic E-state index is 0.0798. The van der Waals surface area contributed by atoms with E-state index in [4.69, 9.17) is 4.74 Å². The first kappa shape index (κ1) is 15.2. The third-order valence-electron chi connectivity index (χ3n) is 2.43. The lowest BCUT2D eigenvalue weighted by molar-refractivity contribution is 0.108. The summed E-state index contributed by atoms with van der Waals surface area (Å²) in [5.74, 6) is 0.672. The van der Waals surface area contributed by atoms with E-state index in [0.29, 0.717) is 10.9 Å². The molecule has 0 saturated carbocycles. The molecular formula is C13H16N4O3S. The summed E-state index contributed by atoms with van der Waals surface area (Å²) in [5.41, 5.74) is 0.